The van der Waals surface area contributed by atoms with Crippen molar-refractivity contribution in [2.24, 2.45) is 5.92 Å². The van der Waals surface area contributed by atoms with E-state index in [4.69, 9.17) is 0 Å². The van der Waals surface area contributed by atoms with Crippen LogP contribution in [0.5, 0.6) is 0 Å². The molecule has 13 heteroatoms. The highest BCUT2D eigenvalue weighted by atomic mass is 19.4. The summed E-state index contributed by atoms with van der Waals surface area (Å²) in [7, 11) is 0. The second-order valence-electron chi connectivity index (χ2n) is 9.17. The molecule has 0 aliphatic heterocycles. The van der Waals surface area contributed by atoms with E-state index in [0.717, 1.165) is 31.2 Å². The molecular weight excluding hydrogens is 523 g/mol. The molecule has 0 aromatic heterocycles. The molecule has 0 heterocycles. The molecule has 0 bridgehead atoms. The molecule has 36 heavy (non-hydrogen) atoms. The van der Waals surface area contributed by atoms with Crippen molar-refractivity contribution in [1.82, 2.24) is 0 Å². The van der Waals surface area contributed by atoms with Crippen molar-refractivity contribution in [3.05, 3.63) is 35.4 Å². The lowest BCUT2D eigenvalue weighted by Crippen LogP contribution is -2.71. The summed E-state index contributed by atoms with van der Waals surface area (Å²) in [5, 5.41) is 0. The predicted octanol–water partition coefficient (Wildman–Crippen LogP) is 9.43. The number of hydrogen-bond acceptors (Lipinski definition) is 0. The van der Waals surface area contributed by atoms with Gasteiger partial charge in [0.15, 0.2) is 0 Å². The highest BCUT2D eigenvalue weighted by molar-refractivity contribution is 5.26. The monoisotopic (exact) mass is 548 g/mol. The second-order valence-corrected chi connectivity index (χ2v) is 9.17. The van der Waals surface area contributed by atoms with E-state index in [1.165, 1.54) is 0 Å². The maximum atomic E-state index is 14.4. The van der Waals surface area contributed by atoms with Gasteiger partial charge < -0.3 is 0 Å². The highest BCUT2D eigenvalue weighted by Gasteiger charge is 2.91. The molecule has 2 rings (SSSR count). The number of benzene rings is 1. The Morgan fingerprint density at radius 3 is 1.53 bits per heavy atom. The van der Waals surface area contributed by atoms with Gasteiger partial charge in [0.2, 0.25) is 0 Å². The average molecular weight is 548 g/mol. The molecule has 0 N–H and O–H groups in total. The van der Waals surface area contributed by atoms with Crippen LogP contribution in [-0.2, 0) is 6.42 Å². The Hall–Kier alpha value is -1.69. The van der Waals surface area contributed by atoms with Crippen LogP contribution in [0, 0.1) is 5.92 Å². The third-order valence-corrected chi connectivity index (χ3v) is 6.72. The first-order valence-electron chi connectivity index (χ1n) is 11.3. The van der Waals surface area contributed by atoms with E-state index in [9.17, 15) is 57.1 Å². The molecule has 0 unspecified atom stereocenters. The van der Waals surface area contributed by atoms with Crippen LogP contribution in [0.1, 0.15) is 68.9 Å². The summed E-state index contributed by atoms with van der Waals surface area (Å²) in [6, 6.07) is 6.99. The standard InChI is InChI=1S/C23H25F13/c1-2-3-4-5-14-6-8-15(9-7-14)16-10-12-17(13-11-16)18(24,25)19(26,27)20(28,29)21(30,31)22(32,33)23(34,35)36/h6-9,16-17H,2-5,10-13H2,1H3/t16-,17-. The minimum Gasteiger partial charge on any atom is -0.199 e. The number of halogens is 13. The van der Waals surface area contributed by atoms with Gasteiger partial charge in [0.05, 0.1) is 0 Å². The molecular formula is C23H25F13. The molecule has 0 spiro atoms. The molecule has 0 amide bonds. The summed E-state index contributed by atoms with van der Waals surface area (Å²) in [5.41, 5.74) is 1.66. The first-order chi connectivity index (χ1) is 16.3. The molecule has 1 fully saturated rings. The summed E-state index contributed by atoms with van der Waals surface area (Å²) < 4.78 is 174. The fraction of sp³-hybridized carbons (Fsp3) is 0.739. The molecule has 0 nitrogen and oxygen atoms in total. The molecule has 1 aromatic carbocycles. The molecule has 1 aliphatic rings. The van der Waals surface area contributed by atoms with Crippen LogP contribution in [0.25, 0.3) is 0 Å². The van der Waals surface area contributed by atoms with Crippen LogP contribution < -0.4 is 0 Å². The van der Waals surface area contributed by atoms with Crippen LogP contribution in [0.3, 0.4) is 0 Å². The zero-order chi connectivity index (χ0) is 27.8. The van der Waals surface area contributed by atoms with Crippen molar-refractivity contribution in [1.29, 1.82) is 0 Å². The van der Waals surface area contributed by atoms with Crippen LogP contribution in [-0.4, -0.2) is 35.8 Å². The average Bonchev–Trinajstić information content (AvgIpc) is 2.78. The van der Waals surface area contributed by atoms with Crippen LogP contribution in [0.15, 0.2) is 24.3 Å². The molecule has 1 saturated carbocycles. The van der Waals surface area contributed by atoms with Gasteiger partial charge in [0, 0.05) is 5.92 Å². The van der Waals surface area contributed by atoms with Crippen molar-refractivity contribution in [2.45, 2.75) is 100.0 Å². The van der Waals surface area contributed by atoms with E-state index >= 15 is 0 Å². The van der Waals surface area contributed by atoms with Crippen LogP contribution in [0.4, 0.5) is 57.1 Å². The first kappa shape index (κ1) is 30.5. The lowest BCUT2D eigenvalue weighted by Gasteiger charge is -2.43. The van der Waals surface area contributed by atoms with Gasteiger partial charge in [0.1, 0.15) is 0 Å². The summed E-state index contributed by atoms with van der Waals surface area (Å²) in [6.07, 6.45) is -5.79. The quantitative estimate of drug-likeness (QED) is 0.202. The molecule has 0 atom stereocenters. The Morgan fingerprint density at radius 1 is 0.611 bits per heavy atom. The third kappa shape index (κ3) is 5.16. The first-order valence-corrected chi connectivity index (χ1v) is 11.3. The van der Waals surface area contributed by atoms with Gasteiger partial charge in [-0.25, -0.2) is 0 Å². The Morgan fingerprint density at radius 2 is 1.08 bits per heavy atom. The molecule has 0 saturated heterocycles. The Labute approximate surface area is 199 Å². The third-order valence-electron chi connectivity index (χ3n) is 6.72. The number of unbranched alkanes of at least 4 members (excludes halogenated alkanes) is 2. The Bertz CT molecular complexity index is 848. The fourth-order valence-electron chi connectivity index (χ4n) is 4.36. The normalized spacial score (nSPS) is 21.1. The highest BCUT2D eigenvalue weighted by Crippen LogP contribution is 2.62. The summed E-state index contributed by atoms with van der Waals surface area (Å²) >= 11 is 0. The maximum Gasteiger partial charge on any atom is 0.460 e. The minimum absolute atomic E-state index is 0.230. The molecule has 1 aliphatic carbocycles. The van der Waals surface area contributed by atoms with Crippen molar-refractivity contribution in [3.63, 3.8) is 0 Å². The van der Waals surface area contributed by atoms with Crippen LogP contribution >= 0.6 is 0 Å². The Balaban J connectivity index is 2.17. The van der Waals surface area contributed by atoms with E-state index < -0.39 is 60.5 Å². The SMILES string of the molecule is CCCCCc1ccc([C@H]2CC[C@H](C(F)(F)C(F)(F)C(F)(F)C(F)(F)C(F)(F)C(F)(F)F)CC2)cc1. The number of aryl methyl sites for hydroxylation is 1. The molecule has 0 radical (unpaired) electrons. The van der Waals surface area contributed by atoms with Crippen molar-refractivity contribution in [3.8, 4) is 0 Å². The zero-order valence-electron chi connectivity index (χ0n) is 19.0. The summed E-state index contributed by atoms with van der Waals surface area (Å²) in [5.74, 6) is -39.5. The minimum atomic E-state index is -7.85. The van der Waals surface area contributed by atoms with Crippen molar-refractivity contribution in [2.75, 3.05) is 0 Å². The second kappa shape index (κ2) is 10.2. The maximum absolute atomic E-state index is 14.4. The summed E-state index contributed by atoms with van der Waals surface area (Å²) in [4.78, 5) is 0. The van der Waals surface area contributed by atoms with Gasteiger partial charge in [0.25, 0.3) is 0 Å². The lowest BCUT2D eigenvalue weighted by atomic mass is 9.74. The van der Waals surface area contributed by atoms with E-state index in [1.807, 2.05) is 6.92 Å². The lowest BCUT2D eigenvalue weighted by molar-refractivity contribution is -0.443. The topological polar surface area (TPSA) is 0 Å². The van der Waals surface area contributed by atoms with Gasteiger partial charge in [-0.3, -0.25) is 0 Å². The van der Waals surface area contributed by atoms with E-state index in [-0.39, 0.29) is 12.8 Å². The largest absolute Gasteiger partial charge is 0.460 e. The van der Waals surface area contributed by atoms with E-state index in [0.29, 0.717) is 5.56 Å². The number of hydrogen-bond donors (Lipinski definition) is 0. The predicted molar refractivity (Wildman–Crippen MR) is 105 cm³/mol. The summed E-state index contributed by atoms with van der Waals surface area (Å²) in [6.45, 7) is 2.03. The van der Waals surface area contributed by atoms with E-state index in [2.05, 4.69) is 0 Å². The number of rotatable bonds is 10. The van der Waals surface area contributed by atoms with E-state index in [1.54, 1.807) is 24.3 Å². The van der Waals surface area contributed by atoms with Gasteiger partial charge in [-0.1, -0.05) is 44.0 Å². The van der Waals surface area contributed by atoms with Gasteiger partial charge in [-0.2, -0.15) is 57.1 Å². The smallest absolute Gasteiger partial charge is 0.199 e. The van der Waals surface area contributed by atoms with Crippen LogP contribution in [0.2, 0.25) is 0 Å². The van der Waals surface area contributed by atoms with Crippen molar-refractivity contribution < 1.29 is 57.1 Å². The van der Waals surface area contributed by atoms with Gasteiger partial charge in [-0.05, 0) is 55.6 Å². The van der Waals surface area contributed by atoms with Gasteiger partial charge >= 0.3 is 35.8 Å². The van der Waals surface area contributed by atoms with Gasteiger partial charge in [-0.15, -0.1) is 0 Å². The fourth-order valence-corrected chi connectivity index (χ4v) is 4.36. The van der Waals surface area contributed by atoms with Crippen molar-refractivity contribution >= 4 is 0 Å². The Kier molecular flexibility index (Phi) is 8.67. The molecule has 1 aromatic rings. The zero-order valence-corrected chi connectivity index (χ0v) is 19.0. The molecule has 208 valence electrons. The number of alkyl halides is 13.